The number of hydrogen-bond donors (Lipinski definition) is 2. The van der Waals surface area contributed by atoms with Crippen molar-refractivity contribution in [1.29, 1.82) is 0 Å². The quantitative estimate of drug-likeness (QED) is 0.535. The molecule has 0 saturated heterocycles. The Morgan fingerprint density at radius 2 is 1.67 bits per heavy atom. The predicted octanol–water partition coefficient (Wildman–Crippen LogP) is 5.44. The first-order chi connectivity index (χ1) is 13.8. The third-order valence-corrected chi connectivity index (χ3v) is 8.38. The van der Waals surface area contributed by atoms with Gasteiger partial charge in [0.05, 0.1) is 0 Å². The molecule has 0 bridgehead atoms. The van der Waals surface area contributed by atoms with Gasteiger partial charge in [0.15, 0.2) is 8.24 Å². The molecular formula is C23H38N4OSi2. The van der Waals surface area contributed by atoms with Crippen LogP contribution >= 0.6 is 0 Å². The smallest absolute Gasteiger partial charge is 0.313 e. The third-order valence-electron chi connectivity index (χ3n) is 5.16. The van der Waals surface area contributed by atoms with Gasteiger partial charge in [0, 0.05) is 36.1 Å². The van der Waals surface area contributed by atoms with Gasteiger partial charge >= 0.3 is 6.03 Å². The first-order valence-corrected chi connectivity index (χ1v) is 17.6. The van der Waals surface area contributed by atoms with E-state index in [1.54, 1.807) is 0 Å². The number of nitrogens with one attached hydrogen (secondary N) is 2. The highest BCUT2D eigenvalue weighted by molar-refractivity contribution is 6.75. The number of amides is 2. The van der Waals surface area contributed by atoms with Gasteiger partial charge in [-0.1, -0.05) is 70.0 Å². The Bertz CT molecular complexity index is 829. The van der Waals surface area contributed by atoms with E-state index in [1.807, 2.05) is 49.5 Å². The zero-order chi connectivity index (χ0) is 22.6. The molecule has 7 heteroatoms. The Balaban J connectivity index is 2.33. The number of pyridine rings is 1. The monoisotopic (exact) mass is 442 g/mol. The van der Waals surface area contributed by atoms with E-state index >= 15 is 0 Å². The average molecular weight is 443 g/mol. The number of anilines is 1. The van der Waals surface area contributed by atoms with Crippen LogP contribution in [0.25, 0.3) is 0 Å². The first kappa shape index (κ1) is 24.3. The maximum Gasteiger partial charge on any atom is 0.313 e. The highest BCUT2D eigenvalue weighted by Crippen LogP contribution is 2.27. The molecule has 0 spiro atoms. The molecule has 5 nitrogen and oxygen atoms in total. The summed E-state index contributed by atoms with van der Waals surface area (Å²) in [5.74, 6) is 0. The zero-order valence-corrected chi connectivity index (χ0v) is 21.8. The summed E-state index contributed by atoms with van der Waals surface area (Å²) in [7, 11) is -3.43. The number of rotatable bonds is 8. The summed E-state index contributed by atoms with van der Waals surface area (Å²) in [6, 6.07) is 14.0. The van der Waals surface area contributed by atoms with Gasteiger partial charge in [-0.05, 0) is 31.2 Å². The van der Waals surface area contributed by atoms with Crippen LogP contribution < -0.4 is 10.3 Å². The molecule has 1 aromatic carbocycles. The van der Waals surface area contributed by atoms with Crippen molar-refractivity contribution in [2.24, 2.45) is 0 Å². The van der Waals surface area contributed by atoms with Gasteiger partial charge in [0.25, 0.3) is 0 Å². The minimum atomic E-state index is -1.96. The fraction of sp³-hybridized carbons (Fsp3) is 0.478. The highest BCUT2D eigenvalue weighted by atomic mass is 28.3. The van der Waals surface area contributed by atoms with Crippen molar-refractivity contribution < 1.29 is 4.79 Å². The number of benzene rings is 1. The number of nitrogens with zero attached hydrogens (tertiary/aromatic N) is 2. The molecule has 2 amide bonds. The van der Waals surface area contributed by atoms with E-state index in [1.165, 1.54) is 5.56 Å². The summed E-state index contributed by atoms with van der Waals surface area (Å²) < 4.78 is 2.06. The second kappa shape index (κ2) is 9.45. The largest absolute Gasteiger partial charge is 0.351 e. The van der Waals surface area contributed by atoms with E-state index in [9.17, 15) is 4.79 Å². The van der Waals surface area contributed by atoms with Gasteiger partial charge in [-0.15, -0.1) is 0 Å². The van der Waals surface area contributed by atoms with E-state index in [2.05, 4.69) is 72.1 Å². The minimum Gasteiger partial charge on any atom is -0.351 e. The molecule has 2 aromatic rings. The first-order valence-electron chi connectivity index (χ1n) is 10.6. The molecule has 0 aliphatic carbocycles. The fourth-order valence-electron chi connectivity index (χ4n) is 3.20. The molecule has 0 aliphatic rings. The van der Waals surface area contributed by atoms with Gasteiger partial charge in [-0.25, -0.2) is 4.79 Å². The van der Waals surface area contributed by atoms with Crippen molar-refractivity contribution in [2.45, 2.75) is 58.5 Å². The number of carbonyl (C=O) groups is 1. The molecule has 164 valence electrons. The maximum atomic E-state index is 13.4. The van der Waals surface area contributed by atoms with Crippen LogP contribution in [0.5, 0.6) is 0 Å². The molecule has 0 radical (unpaired) electrons. The summed E-state index contributed by atoms with van der Waals surface area (Å²) in [4.78, 5) is 21.8. The highest BCUT2D eigenvalue weighted by Gasteiger charge is 2.38. The van der Waals surface area contributed by atoms with Crippen LogP contribution in [-0.2, 0) is 5.41 Å². The molecule has 2 N–H and O–H groups in total. The van der Waals surface area contributed by atoms with Crippen LogP contribution in [0.4, 0.5) is 10.5 Å². The molecule has 1 atom stereocenters. The van der Waals surface area contributed by atoms with E-state index in [0.29, 0.717) is 6.54 Å². The van der Waals surface area contributed by atoms with Crippen molar-refractivity contribution in [3.63, 3.8) is 0 Å². The summed E-state index contributed by atoms with van der Waals surface area (Å²) in [6.07, 6.45) is 1.84. The number of aromatic nitrogens is 1. The average Bonchev–Trinajstić information content (AvgIpc) is 2.65. The number of carbonyl (C=O) groups excluding carboxylic acids is 1. The van der Waals surface area contributed by atoms with Gasteiger partial charge < -0.3 is 14.9 Å². The Labute approximate surface area is 184 Å². The normalized spacial score (nSPS) is 14.1. The Morgan fingerprint density at radius 1 is 1.03 bits per heavy atom. The van der Waals surface area contributed by atoms with Crippen LogP contribution in [-0.4, -0.2) is 45.1 Å². The summed E-state index contributed by atoms with van der Waals surface area (Å²) in [5, 5.41) is 3.11. The Kier molecular flexibility index (Phi) is 7.66. The predicted molar refractivity (Wildman–Crippen MR) is 133 cm³/mol. The van der Waals surface area contributed by atoms with Crippen molar-refractivity contribution >= 4 is 28.2 Å². The van der Waals surface area contributed by atoms with Crippen LogP contribution in [0.1, 0.15) is 18.2 Å². The molecule has 0 saturated carbocycles. The van der Waals surface area contributed by atoms with Crippen LogP contribution in [0.15, 0.2) is 48.7 Å². The van der Waals surface area contributed by atoms with Gasteiger partial charge in [0.2, 0.25) is 0 Å². The standard InChI is InChI=1S/C23H38N4OSi2/c1-19-12-14-20(15-13-19)26-22(28)27(30(6,7)8)18-23(2,17-25-29(3,4)5)21-11-9-10-16-24-21/h9-16,25H,17-18H2,1-8H3,(H,26,28). The van der Waals surface area contributed by atoms with E-state index in [4.69, 9.17) is 0 Å². The second-order valence-electron chi connectivity index (χ2n) is 10.4. The summed E-state index contributed by atoms with van der Waals surface area (Å²) in [6.45, 7) is 19.2. The van der Waals surface area contributed by atoms with Gasteiger partial charge in [-0.2, -0.15) is 0 Å². The third kappa shape index (κ3) is 7.07. The second-order valence-corrected chi connectivity index (χ2v) is 20.2. The van der Waals surface area contributed by atoms with Crippen LogP contribution in [0.3, 0.4) is 0 Å². The Hall–Kier alpha value is -1.97. The van der Waals surface area contributed by atoms with Crippen LogP contribution in [0.2, 0.25) is 39.3 Å². The molecule has 1 aromatic heterocycles. The lowest BCUT2D eigenvalue weighted by molar-refractivity contribution is 0.224. The van der Waals surface area contributed by atoms with Crippen molar-refractivity contribution in [1.82, 2.24) is 14.5 Å². The van der Waals surface area contributed by atoms with Crippen LogP contribution in [0, 0.1) is 6.92 Å². The summed E-state index contributed by atoms with van der Waals surface area (Å²) >= 11 is 0. The van der Waals surface area contributed by atoms with E-state index in [0.717, 1.165) is 17.9 Å². The van der Waals surface area contributed by atoms with Crippen molar-refractivity contribution in [3.05, 3.63) is 59.9 Å². The number of aryl methyl sites for hydroxylation is 1. The molecule has 1 heterocycles. The van der Waals surface area contributed by atoms with Gasteiger partial charge in [0.1, 0.15) is 8.24 Å². The zero-order valence-electron chi connectivity index (χ0n) is 19.8. The van der Waals surface area contributed by atoms with Gasteiger partial charge in [-0.3, -0.25) is 4.98 Å². The lowest BCUT2D eigenvalue weighted by Gasteiger charge is -2.42. The minimum absolute atomic E-state index is 0.0341. The molecule has 0 fully saturated rings. The fourth-order valence-corrected chi connectivity index (χ4v) is 5.61. The van der Waals surface area contributed by atoms with E-state index < -0.39 is 16.5 Å². The molecular weight excluding hydrogens is 404 g/mol. The molecule has 2 rings (SSSR count). The number of hydrogen-bond acceptors (Lipinski definition) is 3. The van der Waals surface area contributed by atoms with Crippen molar-refractivity contribution in [2.75, 3.05) is 18.4 Å². The molecule has 0 aliphatic heterocycles. The SMILES string of the molecule is Cc1ccc(NC(=O)N(CC(C)(CN[Si](C)(C)C)c2ccccn2)[Si](C)(C)C)cc1. The maximum absolute atomic E-state index is 13.4. The topological polar surface area (TPSA) is 57.3 Å². The van der Waals surface area contributed by atoms with E-state index in [-0.39, 0.29) is 11.4 Å². The Morgan fingerprint density at radius 3 is 2.17 bits per heavy atom. The molecule has 30 heavy (non-hydrogen) atoms. The number of urea groups is 1. The lowest BCUT2D eigenvalue weighted by atomic mass is 9.86. The molecule has 1 unspecified atom stereocenters. The van der Waals surface area contributed by atoms with Crippen molar-refractivity contribution in [3.8, 4) is 0 Å². The lowest BCUT2D eigenvalue weighted by Crippen LogP contribution is -2.59. The summed E-state index contributed by atoms with van der Waals surface area (Å²) in [5.41, 5.74) is 2.73.